The minimum atomic E-state index is -0.370. The maximum Gasteiger partial charge on any atom is 0.194 e. The monoisotopic (exact) mass is 202 g/mol. The number of rotatable bonds is 3. The van der Waals surface area contributed by atoms with Crippen molar-refractivity contribution in [3.8, 4) is 0 Å². The van der Waals surface area contributed by atoms with Gasteiger partial charge in [0.25, 0.3) is 0 Å². The SMILES string of the molecule is CCCSC(=O)C1CCCCC1O. The van der Waals surface area contributed by atoms with Gasteiger partial charge in [0.15, 0.2) is 5.12 Å². The predicted molar refractivity (Wildman–Crippen MR) is 55.7 cm³/mol. The Balaban J connectivity index is 2.35. The summed E-state index contributed by atoms with van der Waals surface area (Å²) in [6, 6.07) is 0. The van der Waals surface area contributed by atoms with Crippen LogP contribution in [0.15, 0.2) is 0 Å². The van der Waals surface area contributed by atoms with Gasteiger partial charge in [0, 0.05) is 5.75 Å². The van der Waals surface area contributed by atoms with Gasteiger partial charge in [0.2, 0.25) is 0 Å². The van der Waals surface area contributed by atoms with Crippen LogP contribution in [0.4, 0.5) is 0 Å². The summed E-state index contributed by atoms with van der Waals surface area (Å²) in [5.41, 5.74) is 0. The highest BCUT2D eigenvalue weighted by atomic mass is 32.2. The number of carbonyl (C=O) groups is 1. The third-order valence-corrected chi connectivity index (χ3v) is 3.68. The Morgan fingerprint density at radius 1 is 1.46 bits per heavy atom. The summed E-state index contributed by atoms with van der Waals surface area (Å²) < 4.78 is 0. The Morgan fingerprint density at radius 3 is 2.77 bits per heavy atom. The van der Waals surface area contributed by atoms with Crippen LogP contribution >= 0.6 is 11.8 Å². The van der Waals surface area contributed by atoms with Crippen molar-refractivity contribution in [1.82, 2.24) is 0 Å². The van der Waals surface area contributed by atoms with Crippen LogP contribution in [0.1, 0.15) is 39.0 Å². The standard InChI is InChI=1S/C10H18O2S/c1-2-7-13-10(12)8-5-3-4-6-9(8)11/h8-9,11H,2-7H2,1H3. The lowest BCUT2D eigenvalue weighted by Gasteiger charge is -2.25. The van der Waals surface area contributed by atoms with Gasteiger partial charge in [-0.1, -0.05) is 31.5 Å². The zero-order valence-corrected chi connectivity index (χ0v) is 8.98. The van der Waals surface area contributed by atoms with Crippen molar-refractivity contribution < 1.29 is 9.90 Å². The van der Waals surface area contributed by atoms with Gasteiger partial charge in [-0.2, -0.15) is 0 Å². The predicted octanol–water partition coefficient (Wildman–Crippen LogP) is 2.21. The molecule has 1 rings (SSSR count). The third kappa shape index (κ3) is 3.31. The Hall–Kier alpha value is -0.0200. The van der Waals surface area contributed by atoms with Gasteiger partial charge in [-0.3, -0.25) is 4.79 Å². The average Bonchev–Trinajstić information content (AvgIpc) is 2.15. The molecule has 2 unspecified atom stereocenters. The van der Waals surface area contributed by atoms with Crippen LogP contribution in [0, 0.1) is 5.92 Å². The molecule has 13 heavy (non-hydrogen) atoms. The fraction of sp³-hybridized carbons (Fsp3) is 0.900. The van der Waals surface area contributed by atoms with Crippen molar-refractivity contribution in [2.24, 2.45) is 5.92 Å². The van der Waals surface area contributed by atoms with E-state index in [1.807, 2.05) is 0 Å². The fourth-order valence-corrected chi connectivity index (χ4v) is 2.59. The zero-order valence-electron chi connectivity index (χ0n) is 8.16. The molecular weight excluding hydrogens is 184 g/mol. The smallest absolute Gasteiger partial charge is 0.194 e. The van der Waals surface area contributed by atoms with E-state index in [0.717, 1.165) is 37.9 Å². The van der Waals surface area contributed by atoms with Crippen LogP contribution in [0.2, 0.25) is 0 Å². The number of aliphatic hydroxyl groups excluding tert-OH is 1. The molecule has 1 aliphatic carbocycles. The molecule has 0 saturated heterocycles. The van der Waals surface area contributed by atoms with Crippen LogP contribution in [0.5, 0.6) is 0 Å². The van der Waals surface area contributed by atoms with Crippen LogP contribution in [-0.2, 0) is 4.79 Å². The van der Waals surface area contributed by atoms with Crippen LogP contribution < -0.4 is 0 Å². The van der Waals surface area contributed by atoms with Gasteiger partial charge in [0.05, 0.1) is 12.0 Å². The lowest BCUT2D eigenvalue weighted by Crippen LogP contribution is -2.29. The van der Waals surface area contributed by atoms with E-state index in [-0.39, 0.29) is 17.1 Å². The highest BCUT2D eigenvalue weighted by Gasteiger charge is 2.28. The van der Waals surface area contributed by atoms with Gasteiger partial charge in [-0.05, 0) is 19.3 Å². The van der Waals surface area contributed by atoms with E-state index >= 15 is 0 Å². The van der Waals surface area contributed by atoms with E-state index in [4.69, 9.17) is 0 Å². The van der Waals surface area contributed by atoms with Crippen LogP contribution in [0.3, 0.4) is 0 Å². The molecule has 1 saturated carbocycles. The quantitative estimate of drug-likeness (QED) is 0.762. The van der Waals surface area contributed by atoms with E-state index < -0.39 is 0 Å². The van der Waals surface area contributed by atoms with E-state index in [9.17, 15) is 9.90 Å². The number of aliphatic hydroxyl groups is 1. The second kappa shape index (κ2) is 5.66. The first-order valence-electron chi connectivity index (χ1n) is 5.10. The molecule has 0 aromatic heterocycles. The average molecular weight is 202 g/mol. The molecular formula is C10H18O2S. The number of hydrogen-bond donors (Lipinski definition) is 1. The van der Waals surface area contributed by atoms with Gasteiger partial charge in [-0.15, -0.1) is 0 Å². The lowest BCUT2D eigenvalue weighted by atomic mass is 9.87. The van der Waals surface area contributed by atoms with Crippen molar-refractivity contribution in [3.63, 3.8) is 0 Å². The first-order chi connectivity index (χ1) is 6.25. The van der Waals surface area contributed by atoms with E-state index in [2.05, 4.69) is 6.92 Å². The van der Waals surface area contributed by atoms with Gasteiger partial charge >= 0.3 is 0 Å². The summed E-state index contributed by atoms with van der Waals surface area (Å²) >= 11 is 1.39. The summed E-state index contributed by atoms with van der Waals surface area (Å²) in [4.78, 5) is 11.6. The largest absolute Gasteiger partial charge is 0.392 e. The van der Waals surface area contributed by atoms with Crippen molar-refractivity contribution in [3.05, 3.63) is 0 Å². The summed E-state index contributed by atoms with van der Waals surface area (Å²) in [7, 11) is 0. The minimum Gasteiger partial charge on any atom is -0.392 e. The number of thioether (sulfide) groups is 1. The fourth-order valence-electron chi connectivity index (χ4n) is 1.70. The highest BCUT2D eigenvalue weighted by Crippen LogP contribution is 2.28. The molecule has 2 atom stereocenters. The summed E-state index contributed by atoms with van der Waals surface area (Å²) in [5.74, 6) is 0.812. The Kier molecular flexibility index (Phi) is 4.81. The van der Waals surface area contributed by atoms with Gasteiger partial charge < -0.3 is 5.11 Å². The molecule has 0 bridgehead atoms. The molecule has 2 nitrogen and oxygen atoms in total. The molecule has 0 aliphatic heterocycles. The number of hydrogen-bond acceptors (Lipinski definition) is 3. The van der Waals surface area contributed by atoms with E-state index in [0.29, 0.717) is 0 Å². The molecule has 1 fully saturated rings. The van der Waals surface area contributed by atoms with Crippen molar-refractivity contribution >= 4 is 16.9 Å². The van der Waals surface area contributed by atoms with E-state index in [1.165, 1.54) is 11.8 Å². The molecule has 0 amide bonds. The Morgan fingerprint density at radius 2 is 2.15 bits per heavy atom. The first kappa shape index (κ1) is 11.1. The maximum absolute atomic E-state index is 11.6. The van der Waals surface area contributed by atoms with E-state index in [1.54, 1.807) is 0 Å². The van der Waals surface area contributed by atoms with Gasteiger partial charge in [-0.25, -0.2) is 0 Å². The molecule has 0 heterocycles. The lowest BCUT2D eigenvalue weighted by molar-refractivity contribution is -0.119. The summed E-state index contributed by atoms with van der Waals surface area (Å²) in [6.45, 7) is 2.07. The summed E-state index contributed by atoms with van der Waals surface area (Å²) in [6.07, 6.45) is 4.52. The molecule has 0 spiro atoms. The zero-order chi connectivity index (χ0) is 9.68. The summed E-state index contributed by atoms with van der Waals surface area (Å²) in [5, 5.41) is 9.81. The molecule has 0 radical (unpaired) electrons. The second-order valence-corrected chi connectivity index (χ2v) is 4.73. The Bertz CT molecular complexity index is 170. The number of carbonyl (C=O) groups excluding carboxylic acids is 1. The molecule has 76 valence electrons. The molecule has 1 N–H and O–H groups in total. The molecule has 1 aliphatic rings. The van der Waals surface area contributed by atoms with Crippen molar-refractivity contribution in [2.75, 3.05) is 5.75 Å². The molecule has 3 heteroatoms. The topological polar surface area (TPSA) is 37.3 Å². The second-order valence-electron chi connectivity index (χ2n) is 3.63. The first-order valence-corrected chi connectivity index (χ1v) is 6.09. The van der Waals surface area contributed by atoms with Crippen LogP contribution in [-0.4, -0.2) is 22.1 Å². The highest BCUT2D eigenvalue weighted by molar-refractivity contribution is 8.13. The van der Waals surface area contributed by atoms with Crippen molar-refractivity contribution in [2.45, 2.75) is 45.1 Å². The van der Waals surface area contributed by atoms with Gasteiger partial charge in [0.1, 0.15) is 0 Å². The minimum absolute atomic E-state index is 0.0784. The Labute approximate surface area is 84.1 Å². The molecule has 0 aromatic carbocycles. The normalized spacial score (nSPS) is 28.8. The molecule has 0 aromatic rings. The third-order valence-electron chi connectivity index (χ3n) is 2.48. The van der Waals surface area contributed by atoms with Crippen molar-refractivity contribution in [1.29, 1.82) is 0 Å². The maximum atomic E-state index is 11.6. The van der Waals surface area contributed by atoms with Crippen LogP contribution in [0.25, 0.3) is 0 Å².